The number of benzene rings is 3. The summed E-state index contributed by atoms with van der Waals surface area (Å²) >= 11 is 0. The standard InChI is InChI=1S/C26H27NO7/c1-30-22-11-10-18(12-19(22)16-34-15-17-8-6-5-7-9-17)25(28)27-21-14-24(32-3)23(31-2)13-20(21)26(29)33-4/h5-14H,15-16H2,1-4H3,(H,27,28). The molecule has 8 heteroatoms. The molecular weight excluding hydrogens is 438 g/mol. The molecular formula is C26H27NO7. The van der Waals surface area contributed by atoms with Gasteiger partial charge in [0.1, 0.15) is 5.75 Å². The number of amides is 1. The fourth-order valence-corrected chi connectivity index (χ4v) is 3.34. The first kappa shape index (κ1) is 24.6. The van der Waals surface area contributed by atoms with Crippen molar-refractivity contribution in [2.75, 3.05) is 33.8 Å². The summed E-state index contributed by atoms with van der Waals surface area (Å²) in [5.41, 5.74) is 2.48. The highest BCUT2D eigenvalue weighted by Crippen LogP contribution is 2.34. The maximum Gasteiger partial charge on any atom is 0.340 e. The Morgan fingerprint density at radius 2 is 1.44 bits per heavy atom. The molecule has 0 heterocycles. The maximum atomic E-state index is 13.1. The number of ether oxygens (including phenoxy) is 5. The van der Waals surface area contributed by atoms with Crippen LogP contribution < -0.4 is 19.5 Å². The Balaban J connectivity index is 1.83. The molecule has 0 fully saturated rings. The van der Waals surface area contributed by atoms with Crippen LogP contribution in [0.25, 0.3) is 0 Å². The molecule has 0 saturated carbocycles. The van der Waals surface area contributed by atoms with Gasteiger partial charge in [-0.05, 0) is 23.8 Å². The van der Waals surface area contributed by atoms with E-state index < -0.39 is 11.9 Å². The van der Waals surface area contributed by atoms with Gasteiger partial charge in [-0.25, -0.2) is 4.79 Å². The van der Waals surface area contributed by atoms with E-state index in [4.69, 9.17) is 23.7 Å². The summed E-state index contributed by atoms with van der Waals surface area (Å²) in [5, 5.41) is 2.76. The van der Waals surface area contributed by atoms with Crippen molar-refractivity contribution in [1.29, 1.82) is 0 Å². The highest BCUT2D eigenvalue weighted by molar-refractivity contribution is 6.08. The second-order valence-electron chi connectivity index (χ2n) is 7.20. The lowest BCUT2D eigenvalue weighted by molar-refractivity contribution is 0.0601. The van der Waals surface area contributed by atoms with Crippen LogP contribution in [0.1, 0.15) is 31.8 Å². The van der Waals surface area contributed by atoms with E-state index in [0.717, 1.165) is 5.56 Å². The molecule has 0 bridgehead atoms. The van der Waals surface area contributed by atoms with Gasteiger partial charge in [-0.1, -0.05) is 30.3 Å². The Kier molecular flexibility index (Phi) is 8.48. The van der Waals surface area contributed by atoms with Gasteiger partial charge in [0.05, 0.1) is 52.9 Å². The summed E-state index contributed by atoms with van der Waals surface area (Å²) in [6.45, 7) is 0.678. The fraction of sp³-hybridized carbons (Fsp3) is 0.231. The summed E-state index contributed by atoms with van der Waals surface area (Å²) < 4.78 is 26.6. The van der Waals surface area contributed by atoms with E-state index in [2.05, 4.69) is 5.32 Å². The molecule has 34 heavy (non-hydrogen) atoms. The molecule has 3 rings (SSSR count). The van der Waals surface area contributed by atoms with Crippen LogP contribution in [0, 0.1) is 0 Å². The van der Waals surface area contributed by atoms with Gasteiger partial charge in [0, 0.05) is 23.3 Å². The van der Waals surface area contributed by atoms with Crippen molar-refractivity contribution >= 4 is 17.6 Å². The Morgan fingerprint density at radius 3 is 2.09 bits per heavy atom. The van der Waals surface area contributed by atoms with Gasteiger partial charge in [0.2, 0.25) is 0 Å². The third-order valence-corrected chi connectivity index (χ3v) is 5.09. The van der Waals surface area contributed by atoms with Crippen LogP contribution in [0.15, 0.2) is 60.7 Å². The van der Waals surface area contributed by atoms with Gasteiger partial charge >= 0.3 is 5.97 Å². The largest absolute Gasteiger partial charge is 0.496 e. The monoisotopic (exact) mass is 465 g/mol. The molecule has 0 unspecified atom stereocenters. The minimum atomic E-state index is -0.624. The number of carbonyl (C=O) groups is 2. The van der Waals surface area contributed by atoms with Crippen LogP contribution in [0.5, 0.6) is 17.2 Å². The van der Waals surface area contributed by atoms with Gasteiger partial charge in [-0.3, -0.25) is 4.79 Å². The van der Waals surface area contributed by atoms with E-state index >= 15 is 0 Å². The lowest BCUT2D eigenvalue weighted by Gasteiger charge is -2.15. The summed E-state index contributed by atoms with van der Waals surface area (Å²) in [6, 6.07) is 17.8. The topological polar surface area (TPSA) is 92.3 Å². The van der Waals surface area contributed by atoms with Crippen molar-refractivity contribution in [2.24, 2.45) is 0 Å². The molecule has 0 saturated heterocycles. The van der Waals surface area contributed by atoms with Gasteiger partial charge in [-0.15, -0.1) is 0 Å². The molecule has 0 aliphatic heterocycles. The number of esters is 1. The average molecular weight is 466 g/mol. The zero-order valence-electron chi connectivity index (χ0n) is 19.5. The number of methoxy groups -OCH3 is 4. The first-order valence-corrected chi connectivity index (χ1v) is 10.4. The minimum Gasteiger partial charge on any atom is -0.496 e. The Labute approximate surface area is 198 Å². The summed E-state index contributed by atoms with van der Waals surface area (Å²) in [6.07, 6.45) is 0. The normalized spacial score (nSPS) is 10.4. The number of nitrogens with one attached hydrogen (secondary N) is 1. The summed E-state index contributed by atoms with van der Waals surface area (Å²) in [5.74, 6) is 0.245. The van der Waals surface area contributed by atoms with E-state index in [1.807, 2.05) is 30.3 Å². The Morgan fingerprint density at radius 1 is 0.765 bits per heavy atom. The van der Waals surface area contributed by atoms with Gasteiger partial charge in [-0.2, -0.15) is 0 Å². The fourth-order valence-electron chi connectivity index (χ4n) is 3.34. The van der Waals surface area contributed by atoms with Gasteiger partial charge in [0.15, 0.2) is 11.5 Å². The molecule has 3 aromatic rings. The van der Waals surface area contributed by atoms with Crippen LogP contribution in [-0.4, -0.2) is 40.3 Å². The number of hydrogen-bond acceptors (Lipinski definition) is 7. The van der Waals surface area contributed by atoms with Crippen molar-refractivity contribution in [2.45, 2.75) is 13.2 Å². The third kappa shape index (κ3) is 5.85. The molecule has 3 aromatic carbocycles. The SMILES string of the molecule is COC(=O)c1cc(OC)c(OC)cc1NC(=O)c1ccc(OC)c(COCc2ccccc2)c1. The van der Waals surface area contributed by atoms with Crippen molar-refractivity contribution < 1.29 is 33.3 Å². The third-order valence-electron chi connectivity index (χ3n) is 5.09. The predicted octanol–water partition coefficient (Wildman–Crippen LogP) is 4.47. The van der Waals surface area contributed by atoms with Crippen molar-refractivity contribution in [3.8, 4) is 17.2 Å². The van der Waals surface area contributed by atoms with Crippen LogP contribution in [0.2, 0.25) is 0 Å². The van der Waals surface area contributed by atoms with Gasteiger partial charge < -0.3 is 29.0 Å². The maximum absolute atomic E-state index is 13.1. The van der Waals surface area contributed by atoms with Crippen molar-refractivity contribution in [1.82, 2.24) is 0 Å². The van der Waals surface area contributed by atoms with E-state index in [-0.39, 0.29) is 17.9 Å². The van der Waals surface area contributed by atoms with Crippen LogP contribution in [0.4, 0.5) is 5.69 Å². The smallest absolute Gasteiger partial charge is 0.340 e. The molecule has 0 aliphatic rings. The highest BCUT2D eigenvalue weighted by atomic mass is 16.5. The number of rotatable bonds is 10. The van der Waals surface area contributed by atoms with Crippen molar-refractivity contribution in [3.05, 3.63) is 82.9 Å². The first-order valence-electron chi connectivity index (χ1n) is 10.4. The zero-order chi connectivity index (χ0) is 24.5. The van der Waals surface area contributed by atoms with E-state index in [1.165, 1.54) is 33.5 Å². The zero-order valence-corrected chi connectivity index (χ0v) is 19.5. The van der Waals surface area contributed by atoms with Crippen LogP contribution >= 0.6 is 0 Å². The van der Waals surface area contributed by atoms with Crippen molar-refractivity contribution in [3.63, 3.8) is 0 Å². The molecule has 0 aliphatic carbocycles. The summed E-state index contributed by atoms with van der Waals surface area (Å²) in [7, 11) is 5.74. The minimum absolute atomic E-state index is 0.133. The number of carbonyl (C=O) groups excluding carboxylic acids is 2. The average Bonchev–Trinajstić information content (AvgIpc) is 2.88. The molecule has 8 nitrogen and oxygen atoms in total. The Bertz CT molecular complexity index is 1150. The molecule has 0 atom stereocenters. The predicted molar refractivity (Wildman–Crippen MR) is 127 cm³/mol. The van der Waals surface area contributed by atoms with Crippen LogP contribution in [0.3, 0.4) is 0 Å². The lowest BCUT2D eigenvalue weighted by atomic mass is 10.1. The van der Waals surface area contributed by atoms with E-state index in [0.29, 0.717) is 35.0 Å². The van der Waals surface area contributed by atoms with Gasteiger partial charge in [0.25, 0.3) is 5.91 Å². The summed E-state index contributed by atoms with van der Waals surface area (Å²) in [4.78, 5) is 25.4. The molecule has 0 radical (unpaired) electrons. The Hall–Kier alpha value is -4.04. The highest BCUT2D eigenvalue weighted by Gasteiger charge is 2.20. The van der Waals surface area contributed by atoms with Crippen LogP contribution in [-0.2, 0) is 22.7 Å². The second kappa shape index (κ2) is 11.7. The number of hydrogen-bond donors (Lipinski definition) is 1. The first-order chi connectivity index (χ1) is 16.5. The second-order valence-corrected chi connectivity index (χ2v) is 7.20. The molecule has 1 amide bonds. The molecule has 178 valence electrons. The molecule has 0 aromatic heterocycles. The van der Waals surface area contributed by atoms with E-state index in [9.17, 15) is 9.59 Å². The van der Waals surface area contributed by atoms with E-state index in [1.54, 1.807) is 25.3 Å². The number of anilines is 1. The molecule has 0 spiro atoms. The quantitative estimate of drug-likeness (QED) is 0.442. The lowest BCUT2D eigenvalue weighted by Crippen LogP contribution is -2.16. The molecule has 1 N–H and O–H groups in total.